The molecule has 0 radical (unpaired) electrons. The number of aliphatic hydroxyl groups is 1. The SMILES string of the molecule is Nc1ccc2nnn(CCO)c2c1. The maximum atomic E-state index is 8.75. The van der Waals surface area contributed by atoms with E-state index in [1.54, 1.807) is 16.8 Å². The average molecular weight is 178 g/mol. The van der Waals surface area contributed by atoms with Gasteiger partial charge in [0.2, 0.25) is 0 Å². The Kier molecular flexibility index (Phi) is 1.86. The van der Waals surface area contributed by atoms with Gasteiger partial charge in [-0.3, -0.25) is 0 Å². The second-order valence-corrected chi connectivity index (χ2v) is 2.78. The standard InChI is InChI=1S/C8H10N4O/c9-6-1-2-7-8(5-6)12(3-4-13)11-10-7/h1-2,5,13H,3-4,9H2. The van der Waals surface area contributed by atoms with Crippen LogP contribution in [0.4, 0.5) is 5.69 Å². The Hall–Kier alpha value is -1.62. The van der Waals surface area contributed by atoms with Crippen molar-refractivity contribution in [2.24, 2.45) is 0 Å². The van der Waals surface area contributed by atoms with Crippen LogP contribution < -0.4 is 5.73 Å². The minimum atomic E-state index is 0.0489. The Morgan fingerprint density at radius 3 is 3.08 bits per heavy atom. The monoisotopic (exact) mass is 178 g/mol. The predicted molar refractivity (Wildman–Crippen MR) is 49.0 cm³/mol. The van der Waals surface area contributed by atoms with Crippen molar-refractivity contribution in [2.45, 2.75) is 6.54 Å². The van der Waals surface area contributed by atoms with Crippen molar-refractivity contribution in [1.29, 1.82) is 0 Å². The van der Waals surface area contributed by atoms with Gasteiger partial charge in [-0.15, -0.1) is 5.10 Å². The van der Waals surface area contributed by atoms with Crippen LogP contribution in [-0.4, -0.2) is 26.7 Å². The minimum Gasteiger partial charge on any atom is -0.399 e. The smallest absolute Gasteiger partial charge is 0.113 e. The molecule has 3 N–H and O–H groups in total. The van der Waals surface area contributed by atoms with Gasteiger partial charge in [-0.1, -0.05) is 5.21 Å². The summed E-state index contributed by atoms with van der Waals surface area (Å²) in [4.78, 5) is 0. The third-order valence-electron chi connectivity index (χ3n) is 1.85. The summed E-state index contributed by atoms with van der Waals surface area (Å²) in [6.07, 6.45) is 0. The normalized spacial score (nSPS) is 10.8. The van der Waals surface area contributed by atoms with Crippen LogP contribution in [0.2, 0.25) is 0 Å². The molecule has 2 aromatic rings. The molecule has 0 bridgehead atoms. The summed E-state index contributed by atoms with van der Waals surface area (Å²) < 4.78 is 1.63. The first-order valence-corrected chi connectivity index (χ1v) is 4.01. The number of anilines is 1. The number of aliphatic hydroxyl groups excluding tert-OH is 1. The van der Waals surface area contributed by atoms with E-state index < -0.39 is 0 Å². The minimum absolute atomic E-state index is 0.0489. The van der Waals surface area contributed by atoms with Crippen LogP contribution in [-0.2, 0) is 6.54 Å². The number of aromatic nitrogens is 3. The molecule has 68 valence electrons. The van der Waals surface area contributed by atoms with Gasteiger partial charge in [-0.2, -0.15) is 0 Å². The van der Waals surface area contributed by atoms with E-state index in [1.165, 1.54) is 0 Å². The van der Waals surface area contributed by atoms with E-state index in [2.05, 4.69) is 10.3 Å². The van der Waals surface area contributed by atoms with Gasteiger partial charge in [0.25, 0.3) is 0 Å². The van der Waals surface area contributed by atoms with Gasteiger partial charge >= 0.3 is 0 Å². The lowest BCUT2D eigenvalue weighted by Gasteiger charge is -1.98. The summed E-state index contributed by atoms with van der Waals surface area (Å²) >= 11 is 0. The van der Waals surface area contributed by atoms with E-state index in [0.29, 0.717) is 12.2 Å². The molecular weight excluding hydrogens is 168 g/mol. The highest BCUT2D eigenvalue weighted by molar-refractivity contribution is 5.77. The van der Waals surface area contributed by atoms with Crippen LogP contribution >= 0.6 is 0 Å². The lowest BCUT2D eigenvalue weighted by molar-refractivity contribution is 0.270. The fourth-order valence-corrected chi connectivity index (χ4v) is 1.24. The van der Waals surface area contributed by atoms with Gasteiger partial charge in [0, 0.05) is 5.69 Å². The van der Waals surface area contributed by atoms with Gasteiger partial charge in [-0.05, 0) is 18.2 Å². The van der Waals surface area contributed by atoms with Crippen molar-refractivity contribution >= 4 is 16.7 Å². The Balaban J connectivity index is 2.58. The van der Waals surface area contributed by atoms with E-state index in [-0.39, 0.29) is 6.61 Å². The van der Waals surface area contributed by atoms with Crippen molar-refractivity contribution in [3.8, 4) is 0 Å². The lowest BCUT2D eigenvalue weighted by Crippen LogP contribution is -2.03. The number of nitrogens with two attached hydrogens (primary N) is 1. The van der Waals surface area contributed by atoms with Gasteiger partial charge in [-0.25, -0.2) is 4.68 Å². The molecule has 1 heterocycles. The summed E-state index contributed by atoms with van der Waals surface area (Å²) in [6.45, 7) is 0.493. The summed E-state index contributed by atoms with van der Waals surface area (Å²) in [7, 11) is 0. The zero-order valence-electron chi connectivity index (χ0n) is 7.01. The number of hydrogen-bond acceptors (Lipinski definition) is 4. The Morgan fingerprint density at radius 2 is 2.31 bits per heavy atom. The quantitative estimate of drug-likeness (QED) is 0.635. The van der Waals surface area contributed by atoms with Crippen LogP contribution in [0.15, 0.2) is 18.2 Å². The van der Waals surface area contributed by atoms with E-state index in [0.717, 1.165) is 11.0 Å². The first kappa shape index (κ1) is 8.00. The summed E-state index contributed by atoms with van der Waals surface area (Å²) in [5, 5.41) is 16.5. The number of nitrogen functional groups attached to an aromatic ring is 1. The Morgan fingerprint density at radius 1 is 1.46 bits per heavy atom. The molecule has 0 saturated carbocycles. The van der Waals surface area contributed by atoms with Crippen LogP contribution in [0.5, 0.6) is 0 Å². The third-order valence-corrected chi connectivity index (χ3v) is 1.85. The molecule has 0 spiro atoms. The van der Waals surface area contributed by atoms with Gasteiger partial charge in [0.05, 0.1) is 18.7 Å². The van der Waals surface area contributed by atoms with E-state index in [4.69, 9.17) is 10.8 Å². The third kappa shape index (κ3) is 1.33. The number of rotatable bonds is 2. The second kappa shape index (κ2) is 3.02. The summed E-state index contributed by atoms with van der Waals surface area (Å²) in [6, 6.07) is 5.39. The van der Waals surface area contributed by atoms with E-state index >= 15 is 0 Å². The lowest BCUT2D eigenvalue weighted by atomic mass is 10.3. The molecule has 0 atom stereocenters. The zero-order valence-corrected chi connectivity index (χ0v) is 7.01. The van der Waals surface area contributed by atoms with Crippen LogP contribution in [0.1, 0.15) is 0 Å². The molecule has 0 aliphatic heterocycles. The van der Waals surface area contributed by atoms with Crippen molar-refractivity contribution < 1.29 is 5.11 Å². The molecule has 2 rings (SSSR count). The van der Waals surface area contributed by atoms with Crippen molar-refractivity contribution in [3.63, 3.8) is 0 Å². The number of benzene rings is 1. The van der Waals surface area contributed by atoms with E-state index in [1.807, 2.05) is 6.07 Å². The van der Waals surface area contributed by atoms with Gasteiger partial charge in [0.1, 0.15) is 5.52 Å². The molecule has 5 nitrogen and oxygen atoms in total. The number of nitrogens with zero attached hydrogens (tertiary/aromatic N) is 3. The fraction of sp³-hybridized carbons (Fsp3) is 0.250. The fourth-order valence-electron chi connectivity index (χ4n) is 1.24. The van der Waals surface area contributed by atoms with Crippen LogP contribution in [0.25, 0.3) is 11.0 Å². The van der Waals surface area contributed by atoms with Crippen LogP contribution in [0.3, 0.4) is 0 Å². The van der Waals surface area contributed by atoms with Crippen molar-refractivity contribution in [2.75, 3.05) is 12.3 Å². The highest BCUT2D eigenvalue weighted by Crippen LogP contribution is 2.14. The molecule has 1 aromatic carbocycles. The molecule has 13 heavy (non-hydrogen) atoms. The first-order valence-electron chi connectivity index (χ1n) is 4.01. The largest absolute Gasteiger partial charge is 0.399 e. The van der Waals surface area contributed by atoms with Crippen molar-refractivity contribution in [1.82, 2.24) is 15.0 Å². The van der Waals surface area contributed by atoms with Crippen molar-refractivity contribution in [3.05, 3.63) is 18.2 Å². The molecule has 0 aliphatic rings. The average Bonchev–Trinajstić information content (AvgIpc) is 2.49. The first-order chi connectivity index (χ1) is 6.31. The molecule has 1 aromatic heterocycles. The maximum absolute atomic E-state index is 8.75. The predicted octanol–water partition coefficient (Wildman–Crippen LogP) is 0.00580. The molecule has 0 saturated heterocycles. The Bertz CT molecular complexity index is 423. The highest BCUT2D eigenvalue weighted by Gasteiger charge is 2.02. The molecular formula is C8H10N4O. The maximum Gasteiger partial charge on any atom is 0.113 e. The summed E-state index contributed by atoms with van der Waals surface area (Å²) in [5.41, 5.74) is 7.94. The zero-order chi connectivity index (χ0) is 9.26. The van der Waals surface area contributed by atoms with Crippen LogP contribution in [0, 0.1) is 0 Å². The van der Waals surface area contributed by atoms with Gasteiger partial charge < -0.3 is 10.8 Å². The number of fused-ring (bicyclic) bond motifs is 1. The summed E-state index contributed by atoms with van der Waals surface area (Å²) in [5.74, 6) is 0. The molecule has 0 fully saturated rings. The topological polar surface area (TPSA) is 77.0 Å². The Labute approximate surface area is 74.8 Å². The molecule has 0 aliphatic carbocycles. The highest BCUT2D eigenvalue weighted by atomic mass is 16.3. The number of hydrogen-bond donors (Lipinski definition) is 2. The second-order valence-electron chi connectivity index (χ2n) is 2.78. The molecule has 5 heteroatoms. The molecule has 0 amide bonds. The molecule has 0 unspecified atom stereocenters. The van der Waals surface area contributed by atoms with Gasteiger partial charge in [0.15, 0.2) is 0 Å². The van der Waals surface area contributed by atoms with E-state index in [9.17, 15) is 0 Å².